The highest BCUT2D eigenvalue weighted by Gasteiger charge is 2.54. The summed E-state index contributed by atoms with van der Waals surface area (Å²) in [5, 5.41) is 35.0. The summed E-state index contributed by atoms with van der Waals surface area (Å²) in [6.07, 6.45) is 1.96. The van der Waals surface area contributed by atoms with Gasteiger partial charge in [-0.15, -0.1) is 0 Å². The van der Waals surface area contributed by atoms with Crippen molar-refractivity contribution in [2.24, 2.45) is 5.41 Å². The van der Waals surface area contributed by atoms with Crippen LogP contribution in [0, 0.1) is 5.41 Å². The minimum Gasteiger partial charge on any atom is -0.481 e. The van der Waals surface area contributed by atoms with Gasteiger partial charge in [0.1, 0.15) is 11.5 Å². The first kappa shape index (κ1) is 34.8. The molecule has 0 spiro atoms. The number of amides is 4. The van der Waals surface area contributed by atoms with Gasteiger partial charge < -0.3 is 31.7 Å². The maximum absolute atomic E-state index is 12.6. The Hall–Kier alpha value is -4.27. The number of aliphatic carboxylic acids is 3. The van der Waals surface area contributed by atoms with E-state index in [-0.39, 0.29) is 19.3 Å². The molecule has 226 valence electrons. The molecule has 14 nitrogen and oxygen atoms in total. The van der Waals surface area contributed by atoms with Crippen molar-refractivity contribution in [1.82, 2.24) is 15.5 Å². The molecule has 0 bridgehead atoms. The van der Waals surface area contributed by atoms with Crippen LogP contribution in [0.5, 0.6) is 0 Å². The third-order valence-corrected chi connectivity index (χ3v) is 6.71. The number of anilines is 2. The third-order valence-electron chi connectivity index (χ3n) is 6.46. The van der Waals surface area contributed by atoms with Crippen LogP contribution in [-0.2, 0) is 24.0 Å². The number of hydrogen-bond donors (Lipinski definition) is 7. The van der Waals surface area contributed by atoms with E-state index in [1.807, 2.05) is 17.4 Å². The normalized spacial score (nSPS) is 14.7. The summed E-state index contributed by atoms with van der Waals surface area (Å²) in [7, 11) is 0. The molecule has 1 aliphatic rings. The Kier molecular flexibility index (Phi) is 14.2. The fourth-order valence-corrected chi connectivity index (χ4v) is 4.22. The van der Waals surface area contributed by atoms with Crippen LogP contribution in [0.25, 0.3) is 0 Å². The number of nitrogens with two attached hydrogens (primary N) is 1. The van der Waals surface area contributed by atoms with Crippen LogP contribution in [0.1, 0.15) is 65.2 Å². The number of unbranched alkanes of at least 4 members (excludes halogenated alkanes) is 2. The van der Waals surface area contributed by atoms with Crippen molar-refractivity contribution in [3.05, 3.63) is 24.3 Å². The van der Waals surface area contributed by atoms with Crippen LogP contribution in [0.15, 0.2) is 24.3 Å². The van der Waals surface area contributed by atoms with Crippen LogP contribution in [0.2, 0.25) is 0 Å². The van der Waals surface area contributed by atoms with E-state index in [4.69, 9.17) is 28.2 Å². The van der Waals surface area contributed by atoms with Crippen LogP contribution in [-0.4, -0.2) is 73.7 Å². The summed E-state index contributed by atoms with van der Waals surface area (Å²) in [4.78, 5) is 69.1. The van der Waals surface area contributed by atoms with Crippen molar-refractivity contribution in [1.29, 1.82) is 0 Å². The monoisotopic (exact) mass is 595 g/mol. The van der Waals surface area contributed by atoms with Crippen molar-refractivity contribution in [2.75, 3.05) is 17.6 Å². The quantitative estimate of drug-likeness (QED) is 0.0710. The molecule has 1 atom stereocenters. The van der Waals surface area contributed by atoms with Gasteiger partial charge in [0.25, 0.3) is 0 Å². The molecule has 1 aliphatic heterocycles. The number of carboxylic acid groups (broad SMARTS) is 3. The van der Waals surface area contributed by atoms with Gasteiger partial charge in [-0.05, 0) is 68.6 Å². The lowest BCUT2D eigenvalue weighted by molar-refractivity contribution is -0.160. The van der Waals surface area contributed by atoms with Crippen molar-refractivity contribution in [3.8, 4) is 0 Å². The van der Waals surface area contributed by atoms with Crippen LogP contribution >= 0.6 is 12.2 Å². The van der Waals surface area contributed by atoms with Crippen LogP contribution in [0.3, 0.4) is 0 Å². The van der Waals surface area contributed by atoms with Gasteiger partial charge in [-0.25, -0.2) is 14.5 Å². The molecule has 1 saturated heterocycles. The number of carboxylic acids is 3. The van der Waals surface area contributed by atoms with E-state index in [0.717, 1.165) is 25.1 Å². The molecule has 15 heteroatoms. The summed E-state index contributed by atoms with van der Waals surface area (Å²) in [5.41, 5.74) is 5.68. The van der Waals surface area contributed by atoms with E-state index in [1.54, 1.807) is 26.0 Å². The number of barbiturate groups is 1. The maximum Gasteiger partial charge on any atom is 0.331 e. The lowest BCUT2D eigenvalue weighted by atomic mass is 9.78. The molecule has 0 saturated carbocycles. The van der Waals surface area contributed by atoms with Crippen molar-refractivity contribution in [2.45, 2.75) is 71.3 Å². The lowest BCUT2D eigenvalue weighted by Gasteiger charge is -2.40. The predicted molar refractivity (Wildman–Crippen MR) is 153 cm³/mol. The molecule has 1 heterocycles. The lowest BCUT2D eigenvalue weighted by Crippen LogP contribution is -2.67. The molecule has 1 aromatic rings. The van der Waals surface area contributed by atoms with Crippen LogP contribution < -0.4 is 21.7 Å². The molecule has 1 aromatic carbocycles. The van der Waals surface area contributed by atoms with Crippen molar-refractivity contribution >= 4 is 64.5 Å². The van der Waals surface area contributed by atoms with Gasteiger partial charge in [0.05, 0.1) is 0 Å². The summed E-state index contributed by atoms with van der Waals surface area (Å²) >= 11 is 5.14. The number of carbonyl (C=O) groups excluding carboxylic acids is 3. The van der Waals surface area contributed by atoms with E-state index in [2.05, 4.69) is 10.6 Å². The smallest absolute Gasteiger partial charge is 0.331 e. The third kappa shape index (κ3) is 10.7. The van der Waals surface area contributed by atoms with Gasteiger partial charge in [-0.3, -0.25) is 24.5 Å². The van der Waals surface area contributed by atoms with Gasteiger partial charge in [0.2, 0.25) is 11.8 Å². The number of benzene rings is 1. The largest absolute Gasteiger partial charge is 0.481 e. The number of nitrogen functional groups attached to an aromatic ring is 1. The summed E-state index contributed by atoms with van der Waals surface area (Å²) in [5.74, 6) is -5.15. The highest BCUT2D eigenvalue weighted by molar-refractivity contribution is 7.80. The molecule has 0 aromatic heterocycles. The molecule has 8 N–H and O–H groups in total. The predicted octanol–water partition coefficient (Wildman–Crippen LogP) is 2.39. The SMILES string of the molecule is CCC1(CC)C(=O)NC(=O)N(C(CCC(=O)O)C(=O)O)C1=O.Nc1ccc(NC(=S)NCCCCCC(=O)O)cc1. The highest BCUT2D eigenvalue weighted by atomic mass is 32.1. The zero-order chi connectivity index (χ0) is 31.2. The van der Waals surface area contributed by atoms with Crippen LogP contribution in [0.4, 0.5) is 16.2 Å². The average Bonchev–Trinajstić information content (AvgIpc) is 2.90. The molecule has 1 unspecified atom stereocenters. The van der Waals surface area contributed by atoms with Crippen molar-refractivity contribution < 1.29 is 44.1 Å². The Morgan fingerprint density at radius 1 is 0.976 bits per heavy atom. The summed E-state index contributed by atoms with van der Waals surface area (Å²) in [6, 6.07) is 4.56. The Labute approximate surface area is 242 Å². The van der Waals surface area contributed by atoms with E-state index >= 15 is 0 Å². The van der Waals surface area contributed by atoms with E-state index in [0.29, 0.717) is 22.1 Å². The molecule has 0 radical (unpaired) electrons. The number of hydrogen-bond acceptors (Lipinski definition) is 8. The molecule has 0 aliphatic carbocycles. The first-order valence-electron chi connectivity index (χ1n) is 13.0. The Morgan fingerprint density at radius 2 is 1.56 bits per heavy atom. The summed E-state index contributed by atoms with van der Waals surface area (Å²) < 4.78 is 0. The van der Waals surface area contributed by atoms with E-state index in [1.165, 1.54) is 0 Å². The first-order valence-corrected chi connectivity index (χ1v) is 13.5. The number of rotatable bonds is 14. The number of nitrogens with zero attached hydrogens (tertiary/aromatic N) is 1. The molecular weight excluding hydrogens is 558 g/mol. The molecule has 1 fully saturated rings. The minimum atomic E-state index is -1.63. The van der Waals surface area contributed by atoms with Gasteiger partial charge >= 0.3 is 23.9 Å². The second-order valence-electron chi connectivity index (χ2n) is 9.22. The van der Waals surface area contributed by atoms with Gasteiger partial charge in [0.15, 0.2) is 5.11 Å². The highest BCUT2D eigenvalue weighted by Crippen LogP contribution is 2.33. The first-order chi connectivity index (χ1) is 19.3. The van der Waals surface area contributed by atoms with Gasteiger partial charge in [-0.2, -0.15) is 0 Å². The fourth-order valence-electron chi connectivity index (χ4n) is 4.00. The molecular formula is C26H37N5O9S. The zero-order valence-corrected chi connectivity index (χ0v) is 23.8. The topological polar surface area (TPSA) is 228 Å². The van der Waals surface area contributed by atoms with E-state index < -0.39 is 60.1 Å². The minimum absolute atomic E-state index is 0.100. The number of nitrogens with one attached hydrogen (secondary N) is 3. The summed E-state index contributed by atoms with van der Waals surface area (Å²) in [6.45, 7) is 3.91. The molecule has 4 amide bonds. The van der Waals surface area contributed by atoms with Gasteiger partial charge in [-0.1, -0.05) is 20.3 Å². The second-order valence-corrected chi connectivity index (χ2v) is 9.63. The fraction of sp³-hybridized carbons (Fsp3) is 0.500. The second kappa shape index (κ2) is 16.7. The number of imide groups is 2. The standard InChI is InChI=1S/C13H19N3O2S.C13H18N2O7/c14-10-5-7-11(8-6-10)16-13(19)15-9-3-1-2-4-12(17)18;1-3-13(4-2)10(20)14-12(22)15(11(13)21)7(9(18)19)5-6-8(16)17/h5-8H,1-4,9,14H2,(H,17,18)(H2,15,16,19);7H,3-6H2,1-2H3,(H,16,17)(H,18,19)(H,14,20,22). The Morgan fingerprint density at radius 3 is 2.07 bits per heavy atom. The number of thiocarbonyl (C=S) groups is 1. The van der Waals surface area contributed by atoms with E-state index in [9.17, 15) is 33.9 Å². The van der Waals surface area contributed by atoms with Gasteiger partial charge in [0, 0.05) is 30.8 Å². The molecule has 2 rings (SSSR count). The molecule has 41 heavy (non-hydrogen) atoms. The Bertz CT molecular complexity index is 1120. The number of carbonyl (C=O) groups is 6. The average molecular weight is 596 g/mol. The zero-order valence-electron chi connectivity index (χ0n) is 23.0. The Balaban J connectivity index is 0.000000414. The van der Waals surface area contributed by atoms with Crippen molar-refractivity contribution in [3.63, 3.8) is 0 Å². The number of urea groups is 1. The maximum atomic E-state index is 12.6.